The molecule has 3 heteroatoms. The molecule has 0 rings (SSSR count). The number of nitrogens with two attached hydrogens (primary N) is 1. The van der Waals surface area contributed by atoms with Gasteiger partial charge in [-0.25, -0.2) is 0 Å². The summed E-state index contributed by atoms with van der Waals surface area (Å²) in [6.45, 7) is 0.856. The van der Waals surface area contributed by atoms with Crippen molar-refractivity contribution < 1.29 is 0 Å². The van der Waals surface area contributed by atoms with E-state index in [-0.39, 0.29) is 0 Å². The Bertz CT molecular complexity index is 98.9. The third kappa shape index (κ3) is 8.98. The number of hydrogen-bond acceptors (Lipinski definition) is 3. The fourth-order valence-corrected chi connectivity index (χ4v) is 2.75. The Morgan fingerprint density at radius 2 is 1.85 bits per heavy atom. The summed E-state index contributed by atoms with van der Waals surface area (Å²) in [4.78, 5) is 0. The van der Waals surface area contributed by atoms with Crippen molar-refractivity contribution in [1.29, 1.82) is 0 Å². The standard InChI is InChI=1S/C10H23NS2/c1-12-9-7-10(13-2)6-4-3-5-8-11/h10H,3-9,11H2,1-2H3. The zero-order valence-corrected chi connectivity index (χ0v) is 10.6. The molecule has 0 aromatic rings. The van der Waals surface area contributed by atoms with Crippen molar-refractivity contribution in [3.05, 3.63) is 0 Å². The van der Waals surface area contributed by atoms with Crippen LogP contribution in [0.3, 0.4) is 0 Å². The van der Waals surface area contributed by atoms with Crippen molar-refractivity contribution in [2.45, 2.75) is 37.4 Å². The molecule has 0 heterocycles. The molecular weight excluding hydrogens is 198 g/mol. The molecule has 0 aliphatic heterocycles. The third-order valence-electron chi connectivity index (χ3n) is 2.21. The lowest BCUT2D eigenvalue weighted by Gasteiger charge is -2.12. The minimum atomic E-state index is 0.856. The molecular formula is C10H23NS2. The highest BCUT2D eigenvalue weighted by Crippen LogP contribution is 2.19. The van der Waals surface area contributed by atoms with Crippen LogP contribution in [0.2, 0.25) is 0 Å². The van der Waals surface area contributed by atoms with Gasteiger partial charge in [-0.05, 0) is 44.1 Å². The van der Waals surface area contributed by atoms with Gasteiger partial charge in [0.05, 0.1) is 0 Å². The van der Waals surface area contributed by atoms with Gasteiger partial charge in [-0.1, -0.05) is 12.8 Å². The summed E-state index contributed by atoms with van der Waals surface area (Å²) in [6, 6.07) is 0. The SMILES string of the molecule is CSCCC(CCCCCN)SC. The smallest absolute Gasteiger partial charge is 0.00521 e. The van der Waals surface area contributed by atoms with Crippen LogP contribution in [0.1, 0.15) is 32.1 Å². The van der Waals surface area contributed by atoms with Crippen molar-refractivity contribution in [2.75, 3.05) is 24.8 Å². The summed E-state index contributed by atoms with van der Waals surface area (Å²) in [5, 5.41) is 0.880. The normalized spacial score (nSPS) is 13.2. The molecule has 0 saturated heterocycles. The van der Waals surface area contributed by atoms with Crippen LogP contribution in [0.15, 0.2) is 0 Å². The van der Waals surface area contributed by atoms with E-state index in [0.29, 0.717) is 0 Å². The number of rotatable bonds is 9. The lowest BCUT2D eigenvalue weighted by Crippen LogP contribution is -2.04. The van der Waals surface area contributed by atoms with Gasteiger partial charge >= 0.3 is 0 Å². The van der Waals surface area contributed by atoms with Gasteiger partial charge in [0.25, 0.3) is 0 Å². The Labute approximate surface area is 91.6 Å². The van der Waals surface area contributed by atoms with Crippen LogP contribution in [0.4, 0.5) is 0 Å². The average Bonchev–Trinajstić information content (AvgIpc) is 2.17. The van der Waals surface area contributed by atoms with Crippen LogP contribution in [0.25, 0.3) is 0 Å². The molecule has 0 saturated carbocycles. The Morgan fingerprint density at radius 1 is 1.08 bits per heavy atom. The molecule has 0 amide bonds. The second-order valence-corrected chi connectivity index (χ2v) is 5.40. The number of thioether (sulfide) groups is 2. The summed E-state index contributed by atoms with van der Waals surface area (Å²) in [6.07, 6.45) is 11.0. The molecule has 1 atom stereocenters. The van der Waals surface area contributed by atoms with Gasteiger partial charge in [0.1, 0.15) is 0 Å². The third-order valence-corrected chi connectivity index (χ3v) is 3.99. The minimum Gasteiger partial charge on any atom is -0.330 e. The summed E-state index contributed by atoms with van der Waals surface area (Å²) in [7, 11) is 0. The number of unbranched alkanes of at least 4 members (excludes halogenated alkanes) is 2. The van der Waals surface area contributed by atoms with E-state index in [1.54, 1.807) is 0 Å². The fourth-order valence-electron chi connectivity index (χ4n) is 1.32. The monoisotopic (exact) mass is 221 g/mol. The molecule has 0 aliphatic rings. The Balaban J connectivity index is 3.25. The van der Waals surface area contributed by atoms with E-state index in [0.717, 1.165) is 11.8 Å². The Hall–Kier alpha value is 0.660. The average molecular weight is 221 g/mol. The van der Waals surface area contributed by atoms with Crippen LogP contribution >= 0.6 is 23.5 Å². The minimum absolute atomic E-state index is 0.856. The topological polar surface area (TPSA) is 26.0 Å². The molecule has 0 aliphatic carbocycles. The van der Waals surface area contributed by atoms with E-state index in [4.69, 9.17) is 5.73 Å². The first-order valence-electron chi connectivity index (χ1n) is 5.07. The van der Waals surface area contributed by atoms with Crippen molar-refractivity contribution in [3.63, 3.8) is 0 Å². The first-order chi connectivity index (χ1) is 6.35. The van der Waals surface area contributed by atoms with Gasteiger partial charge in [-0.15, -0.1) is 0 Å². The molecule has 0 aromatic heterocycles. The zero-order valence-electron chi connectivity index (χ0n) is 8.92. The van der Waals surface area contributed by atoms with Gasteiger partial charge in [-0.3, -0.25) is 0 Å². The lowest BCUT2D eigenvalue weighted by atomic mass is 10.1. The highest BCUT2D eigenvalue weighted by Gasteiger charge is 2.05. The van der Waals surface area contributed by atoms with E-state index in [9.17, 15) is 0 Å². The highest BCUT2D eigenvalue weighted by molar-refractivity contribution is 7.99. The summed E-state index contributed by atoms with van der Waals surface area (Å²) < 4.78 is 0. The van der Waals surface area contributed by atoms with E-state index in [1.807, 2.05) is 23.5 Å². The summed E-state index contributed by atoms with van der Waals surface area (Å²) >= 11 is 3.98. The second kappa shape index (κ2) is 10.7. The highest BCUT2D eigenvalue weighted by atomic mass is 32.2. The van der Waals surface area contributed by atoms with Crippen molar-refractivity contribution >= 4 is 23.5 Å². The van der Waals surface area contributed by atoms with Crippen LogP contribution in [-0.4, -0.2) is 30.1 Å². The molecule has 0 bridgehead atoms. The molecule has 0 fully saturated rings. The maximum atomic E-state index is 5.45. The summed E-state index contributed by atoms with van der Waals surface area (Å²) in [5.41, 5.74) is 5.45. The Kier molecular flexibility index (Phi) is 11.3. The molecule has 1 unspecified atom stereocenters. The van der Waals surface area contributed by atoms with Crippen LogP contribution in [0, 0.1) is 0 Å². The molecule has 0 spiro atoms. The molecule has 0 radical (unpaired) electrons. The van der Waals surface area contributed by atoms with Gasteiger partial charge in [0, 0.05) is 5.25 Å². The van der Waals surface area contributed by atoms with E-state index in [1.165, 1.54) is 37.9 Å². The van der Waals surface area contributed by atoms with Crippen molar-refractivity contribution in [2.24, 2.45) is 5.73 Å². The van der Waals surface area contributed by atoms with Gasteiger partial charge in [0.15, 0.2) is 0 Å². The van der Waals surface area contributed by atoms with Gasteiger partial charge in [0.2, 0.25) is 0 Å². The maximum Gasteiger partial charge on any atom is 0.00521 e. The maximum absolute atomic E-state index is 5.45. The Morgan fingerprint density at radius 3 is 2.38 bits per heavy atom. The van der Waals surface area contributed by atoms with Gasteiger partial charge < -0.3 is 5.73 Å². The van der Waals surface area contributed by atoms with Crippen LogP contribution in [-0.2, 0) is 0 Å². The largest absolute Gasteiger partial charge is 0.330 e. The quantitative estimate of drug-likeness (QED) is 0.606. The van der Waals surface area contributed by atoms with E-state index >= 15 is 0 Å². The first-order valence-corrected chi connectivity index (χ1v) is 7.75. The number of hydrogen-bond donors (Lipinski definition) is 1. The zero-order chi connectivity index (χ0) is 9.94. The molecule has 80 valence electrons. The molecule has 0 aromatic carbocycles. The van der Waals surface area contributed by atoms with Crippen LogP contribution in [0.5, 0.6) is 0 Å². The van der Waals surface area contributed by atoms with E-state index in [2.05, 4.69) is 12.5 Å². The predicted molar refractivity (Wildman–Crippen MR) is 67.8 cm³/mol. The van der Waals surface area contributed by atoms with Gasteiger partial charge in [-0.2, -0.15) is 23.5 Å². The summed E-state index contributed by atoms with van der Waals surface area (Å²) in [5.74, 6) is 1.31. The van der Waals surface area contributed by atoms with E-state index < -0.39 is 0 Å². The molecule has 1 nitrogen and oxygen atoms in total. The lowest BCUT2D eigenvalue weighted by molar-refractivity contribution is 0.624. The predicted octanol–water partition coefficient (Wildman–Crippen LogP) is 2.99. The van der Waals surface area contributed by atoms with Crippen LogP contribution < -0.4 is 5.73 Å². The van der Waals surface area contributed by atoms with Crippen molar-refractivity contribution in [3.8, 4) is 0 Å². The fraction of sp³-hybridized carbons (Fsp3) is 1.00. The first kappa shape index (κ1) is 13.7. The second-order valence-electron chi connectivity index (χ2n) is 3.28. The molecule has 2 N–H and O–H groups in total. The van der Waals surface area contributed by atoms with Crippen molar-refractivity contribution in [1.82, 2.24) is 0 Å². The molecule has 13 heavy (non-hydrogen) atoms.